The lowest BCUT2D eigenvalue weighted by Crippen LogP contribution is -2.33. The zero-order chi connectivity index (χ0) is 25.1. The first-order valence-corrected chi connectivity index (χ1v) is 11.7. The number of alkyl halides is 3. The van der Waals surface area contributed by atoms with Crippen molar-refractivity contribution in [1.82, 2.24) is 5.32 Å². The smallest absolute Gasteiger partial charge is 0.416 e. The van der Waals surface area contributed by atoms with Crippen LogP contribution < -0.4 is 15.8 Å². The fraction of sp³-hybridized carbons (Fsp3) is 0.273. The molecule has 0 heterocycles. The van der Waals surface area contributed by atoms with Gasteiger partial charge in [-0.15, -0.1) is 0 Å². The lowest BCUT2D eigenvalue weighted by Gasteiger charge is -2.20. The average Bonchev–Trinajstić information content (AvgIpc) is 3.15. The Balaban J connectivity index is 1.88. The van der Waals surface area contributed by atoms with Gasteiger partial charge >= 0.3 is 12.1 Å². The number of primary sulfonamides is 1. The molecule has 34 heavy (non-hydrogen) atoms. The second kappa shape index (κ2) is 9.85. The molecule has 0 aliphatic heterocycles. The molecule has 0 aromatic heterocycles. The maximum Gasteiger partial charge on any atom is 0.416 e. The summed E-state index contributed by atoms with van der Waals surface area (Å²) in [5.74, 6) is -1.29. The number of nitrogens with one attached hydrogen (secondary N) is 2. The minimum Gasteiger partial charge on any atom is -0.463 e. The number of halogens is 3. The van der Waals surface area contributed by atoms with Gasteiger partial charge in [0.15, 0.2) is 0 Å². The van der Waals surface area contributed by atoms with Gasteiger partial charge < -0.3 is 15.4 Å². The molecule has 8 nitrogen and oxygen atoms in total. The Morgan fingerprint density at radius 3 is 2.41 bits per heavy atom. The van der Waals surface area contributed by atoms with E-state index in [1.165, 1.54) is 24.3 Å². The van der Waals surface area contributed by atoms with Gasteiger partial charge in [-0.25, -0.2) is 18.4 Å². The van der Waals surface area contributed by atoms with E-state index in [2.05, 4.69) is 10.6 Å². The number of hydrogen-bond donors (Lipinski definition) is 3. The van der Waals surface area contributed by atoms with Gasteiger partial charge in [0.1, 0.15) is 0 Å². The van der Waals surface area contributed by atoms with Crippen molar-refractivity contribution in [1.29, 1.82) is 0 Å². The number of carbonyl (C=O) groups excluding carboxylic acids is 2. The minimum atomic E-state index is -4.53. The molecule has 0 radical (unpaired) electrons. The molecule has 0 saturated carbocycles. The zero-order valence-electron chi connectivity index (χ0n) is 18.0. The molecule has 1 amide bonds. The molecular weight excluding hydrogens is 475 g/mol. The number of anilines is 1. The maximum atomic E-state index is 13.1. The van der Waals surface area contributed by atoms with Crippen molar-refractivity contribution in [2.45, 2.75) is 36.9 Å². The van der Waals surface area contributed by atoms with Crippen molar-refractivity contribution in [2.24, 2.45) is 5.14 Å². The summed E-state index contributed by atoms with van der Waals surface area (Å²) < 4.78 is 67.1. The van der Waals surface area contributed by atoms with Crippen LogP contribution in [0.25, 0.3) is 0 Å². The summed E-state index contributed by atoms with van der Waals surface area (Å²) >= 11 is 0. The third-order valence-corrected chi connectivity index (χ3v) is 6.03. The summed E-state index contributed by atoms with van der Waals surface area (Å²) in [7, 11) is -3.94. The molecule has 1 aliphatic rings. The Morgan fingerprint density at radius 1 is 1.15 bits per heavy atom. The van der Waals surface area contributed by atoms with Crippen molar-refractivity contribution >= 4 is 27.6 Å². The molecule has 0 fully saturated rings. The summed E-state index contributed by atoms with van der Waals surface area (Å²) in [6.07, 6.45) is -3.97. The summed E-state index contributed by atoms with van der Waals surface area (Å²) in [6, 6.07) is 8.74. The van der Waals surface area contributed by atoms with Crippen molar-refractivity contribution in [3.8, 4) is 0 Å². The number of benzene rings is 2. The lowest BCUT2D eigenvalue weighted by atomic mass is 10.1. The number of carbonyl (C=O) groups is 2. The highest BCUT2D eigenvalue weighted by Gasteiger charge is 2.33. The van der Waals surface area contributed by atoms with Crippen molar-refractivity contribution in [2.75, 3.05) is 11.9 Å². The fourth-order valence-corrected chi connectivity index (χ4v) is 4.01. The third-order valence-electron chi connectivity index (χ3n) is 5.10. The average molecular weight is 497 g/mol. The van der Waals surface area contributed by atoms with Crippen LogP contribution in [0.4, 0.5) is 18.9 Å². The van der Waals surface area contributed by atoms with E-state index in [1.54, 1.807) is 6.92 Å². The summed E-state index contributed by atoms with van der Waals surface area (Å²) in [6.45, 7) is 1.72. The van der Waals surface area contributed by atoms with E-state index in [0.29, 0.717) is 6.42 Å². The van der Waals surface area contributed by atoms with Gasteiger partial charge in [-0.3, -0.25) is 4.79 Å². The Kier molecular flexibility index (Phi) is 7.32. The number of ether oxygens (including phenoxy) is 1. The van der Waals surface area contributed by atoms with Gasteiger partial charge in [0.25, 0.3) is 5.91 Å². The van der Waals surface area contributed by atoms with E-state index in [9.17, 15) is 31.2 Å². The number of amides is 1. The zero-order valence-corrected chi connectivity index (χ0v) is 18.8. The van der Waals surface area contributed by atoms with Crippen molar-refractivity contribution in [3.63, 3.8) is 0 Å². The molecule has 182 valence electrons. The number of nitrogens with two attached hydrogens (primary N) is 1. The molecule has 2 aromatic rings. The maximum absolute atomic E-state index is 13.1. The lowest BCUT2D eigenvalue weighted by molar-refractivity contribution is -0.139. The summed E-state index contributed by atoms with van der Waals surface area (Å²) in [5.41, 5.74) is -0.218. The van der Waals surface area contributed by atoms with E-state index >= 15 is 0 Å². The molecule has 0 spiro atoms. The number of hydrogen-bond acceptors (Lipinski definition) is 6. The Hall–Kier alpha value is -3.38. The number of rotatable bonds is 7. The second-order valence-electron chi connectivity index (χ2n) is 7.45. The minimum absolute atomic E-state index is 0.0906. The molecule has 0 saturated heterocycles. The van der Waals surface area contributed by atoms with Gasteiger partial charge in [0, 0.05) is 11.3 Å². The van der Waals surface area contributed by atoms with Crippen LogP contribution in [0.5, 0.6) is 0 Å². The highest BCUT2D eigenvalue weighted by Crippen LogP contribution is 2.33. The van der Waals surface area contributed by atoms with Gasteiger partial charge in [-0.2, -0.15) is 13.2 Å². The number of sulfonamides is 1. The first-order valence-electron chi connectivity index (χ1n) is 10.2. The third kappa shape index (κ3) is 5.94. The molecular formula is C22H22F3N3O5S. The van der Waals surface area contributed by atoms with E-state index < -0.39 is 39.7 Å². The molecule has 1 aliphatic carbocycles. The van der Waals surface area contributed by atoms with E-state index in [1.807, 2.05) is 0 Å². The van der Waals surface area contributed by atoms with Crippen LogP contribution in [0, 0.1) is 0 Å². The van der Waals surface area contributed by atoms with Crippen molar-refractivity contribution < 1.29 is 35.9 Å². The SMILES string of the molecule is CCOC(=O)C1=C(NC(=O)c2ccc(S(N)(=O)=O)cc2)C(Nc2cccc(C(F)(F)F)c2)CC1. The van der Waals surface area contributed by atoms with Gasteiger partial charge in [-0.05, 0) is 62.2 Å². The van der Waals surface area contributed by atoms with Gasteiger partial charge in [0.2, 0.25) is 10.0 Å². The monoisotopic (exact) mass is 497 g/mol. The van der Waals surface area contributed by atoms with Gasteiger partial charge in [-0.1, -0.05) is 6.07 Å². The molecule has 4 N–H and O–H groups in total. The van der Waals surface area contributed by atoms with Crippen LogP contribution in [-0.4, -0.2) is 32.9 Å². The quantitative estimate of drug-likeness (QED) is 0.504. The predicted octanol–water partition coefficient (Wildman–Crippen LogP) is 3.17. The molecule has 3 rings (SSSR count). The second-order valence-corrected chi connectivity index (χ2v) is 9.01. The standard InChI is InChI=1S/C22H22F3N3O5S/c1-2-33-21(30)17-10-11-18(27-15-5-3-4-14(12-15)22(23,24)25)19(17)28-20(29)13-6-8-16(9-7-13)34(26,31)32/h3-9,12,18,27H,2,10-11H2,1H3,(H,28,29)(H2,26,31,32). The predicted molar refractivity (Wildman–Crippen MR) is 117 cm³/mol. The van der Waals surface area contributed by atoms with E-state index in [-0.39, 0.29) is 40.4 Å². The fourth-order valence-electron chi connectivity index (χ4n) is 3.49. The Bertz CT molecular complexity index is 1230. The van der Waals surface area contributed by atoms with Crippen LogP contribution in [0.15, 0.2) is 64.7 Å². The molecule has 0 bridgehead atoms. The molecule has 12 heteroatoms. The highest BCUT2D eigenvalue weighted by atomic mass is 32.2. The largest absolute Gasteiger partial charge is 0.463 e. The summed E-state index contributed by atoms with van der Waals surface area (Å²) in [5, 5.41) is 10.6. The number of esters is 1. The van der Waals surface area contributed by atoms with E-state index in [0.717, 1.165) is 24.3 Å². The highest BCUT2D eigenvalue weighted by molar-refractivity contribution is 7.89. The molecule has 2 aromatic carbocycles. The van der Waals surface area contributed by atoms with Crippen LogP contribution >= 0.6 is 0 Å². The molecule has 1 atom stereocenters. The van der Waals surface area contributed by atoms with E-state index in [4.69, 9.17) is 9.88 Å². The van der Waals surface area contributed by atoms with Gasteiger partial charge in [0.05, 0.1) is 34.4 Å². The summed E-state index contributed by atoms with van der Waals surface area (Å²) in [4.78, 5) is 25.1. The van der Waals surface area contributed by atoms with Crippen LogP contribution in [0.1, 0.15) is 35.7 Å². The van der Waals surface area contributed by atoms with Crippen LogP contribution in [0.2, 0.25) is 0 Å². The normalized spacial score (nSPS) is 16.3. The first-order chi connectivity index (χ1) is 15.9. The Labute approximate surface area is 194 Å². The van der Waals surface area contributed by atoms with Crippen LogP contribution in [-0.2, 0) is 25.7 Å². The van der Waals surface area contributed by atoms with Crippen LogP contribution in [0.3, 0.4) is 0 Å². The topological polar surface area (TPSA) is 128 Å². The van der Waals surface area contributed by atoms with Crippen molar-refractivity contribution in [3.05, 3.63) is 70.9 Å². The Morgan fingerprint density at radius 2 is 1.82 bits per heavy atom. The first kappa shape index (κ1) is 25.2. The molecule has 1 unspecified atom stereocenters.